The summed E-state index contributed by atoms with van der Waals surface area (Å²) in [6, 6.07) is 5.42. The van der Waals surface area contributed by atoms with Crippen LogP contribution in [0.2, 0.25) is 5.15 Å². The first-order chi connectivity index (χ1) is 17.3. The number of esters is 1. The molecule has 4 aromatic rings. The molecule has 5 rings (SSSR count). The summed E-state index contributed by atoms with van der Waals surface area (Å²) in [4.78, 5) is 25.7. The van der Waals surface area contributed by atoms with Crippen molar-refractivity contribution in [3.8, 4) is 5.88 Å². The van der Waals surface area contributed by atoms with Gasteiger partial charge in [0.25, 0.3) is 0 Å². The first kappa shape index (κ1) is 23.7. The quantitative estimate of drug-likeness (QED) is 0.302. The van der Waals surface area contributed by atoms with E-state index in [1.54, 1.807) is 23.0 Å². The highest BCUT2D eigenvalue weighted by molar-refractivity contribution is 6.29. The number of fused-ring (bicyclic) bond motifs is 2. The van der Waals surface area contributed by atoms with E-state index in [1.165, 1.54) is 19.2 Å². The van der Waals surface area contributed by atoms with Gasteiger partial charge in [0, 0.05) is 36.9 Å². The summed E-state index contributed by atoms with van der Waals surface area (Å²) < 4.78 is 27.1. The van der Waals surface area contributed by atoms with Crippen molar-refractivity contribution in [1.29, 1.82) is 0 Å². The number of nitrogens with one attached hydrogen (secondary N) is 1. The van der Waals surface area contributed by atoms with E-state index in [2.05, 4.69) is 15.4 Å². The lowest BCUT2D eigenvalue weighted by Crippen LogP contribution is -2.15. The van der Waals surface area contributed by atoms with Gasteiger partial charge in [-0.1, -0.05) is 11.6 Å². The molecule has 1 N–H and O–H groups in total. The van der Waals surface area contributed by atoms with E-state index in [4.69, 9.17) is 31.0 Å². The minimum atomic E-state index is -0.647. The van der Waals surface area contributed by atoms with E-state index in [0.717, 1.165) is 11.1 Å². The molecule has 0 bridgehead atoms. The lowest BCUT2D eigenvalue weighted by molar-refractivity contribution is 0.0595. The van der Waals surface area contributed by atoms with Gasteiger partial charge in [-0.3, -0.25) is 4.68 Å². The predicted octanol–water partition coefficient (Wildman–Crippen LogP) is 4.83. The van der Waals surface area contributed by atoms with E-state index < -0.39 is 17.8 Å². The summed E-state index contributed by atoms with van der Waals surface area (Å²) in [5, 5.41) is 7.54. The second-order valence-electron chi connectivity index (χ2n) is 8.34. The van der Waals surface area contributed by atoms with Crippen LogP contribution in [0, 0.1) is 5.82 Å². The number of anilines is 1. The molecule has 0 saturated carbocycles. The van der Waals surface area contributed by atoms with Gasteiger partial charge in [-0.05, 0) is 36.8 Å². The Balaban J connectivity index is 1.56. The Labute approximate surface area is 210 Å². The molecular weight excluding hydrogens is 487 g/mol. The second kappa shape index (κ2) is 9.54. The summed E-state index contributed by atoms with van der Waals surface area (Å²) in [7, 11) is 3.11. The van der Waals surface area contributed by atoms with Crippen LogP contribution >= 0.6 is 11.6 Å². The molecule has 0 spiro atoms. The Morgan fingerprint density at radius 2 is 2.14 bits per heavy atom. The zero-order valence-corrected chi connectivity index (χ0v) is 20.5. The molecule has 0 radical (unpaired) electrons. The van der Waals surface area contributed by atoms with Crippen molar-refractivity contribution in [1.82, 2.24) is 24.7 Å². The van der Waals surface area contributed by atoms with Gasteiger partial charge in [-0.25, -0.2) is 24.1 Å². The fourth-order valence-electron chi connectivity index (χ4n) is 4.12. The van der Waals surface area contributed by atoms with Crippen LogP contribution in [-0.2, 0) is 11.8 Å². The number of methoxy groups -OCH3 is 1. The molecule has 184 valence electrons. The first-order valence-corrected chi connectivity index (χ1v) is 11.5. The zero-order valence-electron chi connectivity index (χ0n) is 19.7. The summed E-state index contributed by atoms with van der Waals surface area (Å²) >= 11 is 5.96. The molecular formula is C25H22ClFN6O3. The van der Waals surface area contributed by atoms with Gasteiger partial charge in [0.05, 0.1) is 42.7 Å². The third-order valence-electron chi connectivity index (χ3n) is 5.79. The number of hydrogen-bond acceptors (Lipinski definition) is 8. The Hall–Kier alpha value is -4.05. The molecule has 1 aliphatic heterocycles. The molecule has 36 heavy (non-hydrogen) atoms. The van der Waals surface area contributed by atoms with Crippen LogP contribution in [0.3, 0.4) is 0 Å². The topological polar surface area (TPSA) is 104 Å². The summed E-state index contributed by atoms with van der Waals surface area (Å²) in [6.45, 7) is 2.27. The molecule has 0 aliphatic carbocycles. The summed E-state index contributed by atoms with van der Waals surface area (Å²) in [5.74, 6) is -0.726. The molecule has 0 saturated heterocycles. The van der Waals surface area contributed by atoms with Gasteiger partial charge in [0.1, 0.15) is 16.7 Å². The number of nitrogens with zero attached hydrogens (tertiary/aromatic N) is 5. The molecule has 1 atom stereocenters. The minimum Gasteiger partial charge on any atom is -0.476 e. The van der Waals surface area contributed by atoms with Crippen LogP contribution in [-0.4, -0.2) is 44.4 Å². The van der Waals surface area contributed by atoms with Crippen molar-refractivity contribution >= 4 is 45.9 Å². The molecule has 9 nitrogen and oxygen atoms in total. The van der Waals surface area contributed by atoms with Crippen molar-refractivity contribution in [3.05, 3.63) is 70.1 Å². The number of carbonyl (C=O) groups is 1. The van der Waals surface area contributed by atoms with Crippen molar-refractivity contribution in [2.75, 3.05) is 19.0 Å². The molecule has 1 aliphatic rings. The number of ether oxygens (including phenoxy) is 2. The van der Waals surface area contributed by atoms with Crippen molar-refractivity contribution in [2.45, 2.75) is 19.4 Å². The molecule has 1 aromatic carbocycles. The number of benzene rings is 1. The van der Waals surface area contributed by atoms with Gasteiger partial charge >= 0.3 is 5.97 Å². The lowest BCUT2D eigenvalue weighted by atomic mass is 10.0. The van der Waals surface area contributed by atoms with Crippen LogP contribution in [0.4, 0.5) is 10.1 Å². The number of carbonyl (C=O) groups excluding carboxylic acids is 1. The number of aromatic nitrogens is 5. The maximum atomic E-state index is 14.7. The average molecular weight is 509 g/mol. The average Bonchev–Trinajstić information content (AvgIpc) is 3.27. The highest BCUT2D eigenvalue weighted by Crippen LogP contribution is 2.35. The highest BCUT2D eigenvalue weighted by Gasteiger charge is 2.24. The van der Waals surface area contributed by atoms with E-state index >= 15 is 0 Å². The van der Waals surface area contributed by atoms with Gasteiger partial charge in [0.2, 0.25) is 5.88 Å². The van der Waals surface area contributed by atoms with Gasteiger partial charge in [0.15, 0.2) is 5.69 Å². The Morgan fingerprint density at radius 1 is 1.31 bits per heavy atom. The Morgan fingerprint density at radius 3 is 2.89 bits per heavy atom. The SMILES string of the molecule is COC(=O)c1nc(Cl)ccc1N[C@H](C)c1cc(F)cc2nc3c(nc12)OCCC3=Cc1cnn(C)c1. The molecule has 0 fully saturated rings. The lowest BCUT2D eigenvalue weighted by Gasteiger charge is -2.22. The zero-order chi connectivity index (χ0) is 25.4. The van der Waals surface area contributed by atoms with Gasteiger partial charge < -0.3 is 14.8 Å². The Bertz CT molecular complexity index is 1520. The minimum absolute atomic E-state index is 0.0227. The van der Waals surface area contributed by atoms with E-state index in [-0.39, 0.29) is 10.8 Å². The van der Waals surface area contributed by atoms with Gasteiger partial charge in [-0.2, -0.15) is 5.10 Å². The van der Waals surface area contributed by atoms with Crippen LogP contribution in [0.1, 0.15) is 46.7 Å². The third-order valence-corrected chi connectivity index (χ3v) is 6.00. The number of rotatable bonds is 5. The maximum Gasteiger partial charge on any atom is 0.358 e. The van der Waals surface area contributed by atoms with E-state index in [1.807, 2.05) is 26.2 Å². The number of halogens is 2. The molecule has 0 unspecified atom stereocenters. The van der Waals surface area contributed by atoms with Crippen molar-refractivity contribution in [3.63, 3.8) is 0 Å². The monoisotopic (exact) mass is 508 g/mol. The van der Waals surface area contributed by atoms with E-state index in [9.17, 15) is 9.18 Å². The smallest absolute Gasteiger partial charge is 0.358 e. The highest BCUT2D eigenvalue weighted by atomic mass is 35.5. The standard InChI is InChI=1S/C25H22ClFN6O3/c1-13(29-18-4-5-20(26)31-23(18)25(34)35-3)17-9-16(27)10-19-22(17)32-24-21(30-19)15(6-7-36-24)8-14-11-28-33(2)12-14/h4-5,8-13,29H,6-7H2,1-3H3/t13-/m1/s1. The molecule has 11 heteroatoms. The molecule has 3 aromatic heterocycles. The summed E-state index contributed by atoms with van der Waals surface area (Å²) in [5.41, 5.74) is 4.27. The molecule has 4 heterocycles. The van der Waals surface area contributed by atoms with Crippen LogP contribution in [0.5, 0.6) is 5.88 Å². The largest absolute Gasteiger partial charge is 0.476 e. The number of aryl methyl sites for hydroxylation is 1. The number of pyridine rings is 1. The number of hydrogen-bond donors (Lipinski definition) is 1. The second-order valence-corrected chi connectivity index (χ2v) is 8.73. The summed E-state index contributed by atoms with van der Waals surface area (Å²) in [6.07, 6.45) is 6.29. The Kier molecular flexibility index (Phi) is 6.27. The fraction of sp³-hybridized carbons (Fsp3) is 0.240. The van der Waals surface area contributed by atoms with Crippen LogP contribution < -0.4 is 10.1 Å². The predicted molar refractivity (Wildman–Crippen MR) is 133 cm³/mol. The van der Waals surface area contributed by atoms with Crippen molar-refractivity contribution < 1.29 is 18.7 Å². The van der Waals surface area contributed by atoms with Gasteiger partial charge in [-0.15, -0.1) is 0 Å². The van der Waals surface area contributed by atoms with Crippen LogP contribution in [0.15, 0.2) is 36.7 Å². The van der Waals surface area contributed by atoms with Crippen molar-refractivity contribution in [2.24, 2.45) is 7.05 Å². The first-order valence-electron chi connectivity index (χ1n) is 11.2. The van der Waals surface area contributed by atoms with Crippen LogP contribution in [0.25, 0.3) is 22.7 Å². The maximum absolute atomic E-state index is 14.7. The van der Waals surface area contributed by atoms with E-state index in [0.29, 0.717) is 46.9 Å². The normalized spacial score (nSPS) is 14.9. The fourth-order valence-corrected chi connectivity index (χ4v) is 4.27. The molecule has 0 amide bonds. The third kappa shape index (κ3) is 4.59.